The number of carboxylic acid groups (broad SMARTS) is 1. The molecule has 144 valence electrons. The molecule has 0 saturated heterocycles. The molecule has 0 spiro atoms. The molecular weight excluding hydrogens is 368 g/mol. The standard InChI is InChI=1S/C19H22N2O5S/c1-13(2)11-17(19(23)24)20-18(22)14-7-6-8-15(12-14)21-27(25,26)16-9-4-3-5-10-16/h3-10,12-13,17,21H,11H2,1-2H3,(H,20,22)(H,23,24)/t17-/m1/s1. The summed E-state index contributed by atoms with van der Waals surface area (Å²) in [6.45, 7) is 3.72. The van der Waals surface area contributed by atoms with Gasteiger partial charge in [0.15, 0.2) is 0 Å². The lowest BCUT2D eigenvalue weighted by Crippen LogP contribution is -2.41. The largest absolute Gasteiger partial charge is 0.480 e. The van der Waals surface area contributed by atoms with Gasteiger partial charge >= 0.3 is 5.97 Å². The van der Waals surface area contributed by atoms with Crippen LogP contribution in [0.1, 0.15) is 30.6 Å². The highest BCUT2D eigenvalue weighted by Gasteiger charge is 2.22. The van der Waals surface area contributed by atoms with E-state index in [0.717, 1.165) is 0 Å². The number of sulfonamides is 1. The van der Waals surface area contributed by atoms with Gasteiger partial charge in [-0.25, -0.2) is 13.2 Å². The first-order valence-corrected chi connectivity index (χ1v) is 9.89. The maximum absolute atomic E-state index is 12.4. The molecule has 0 fully saturated rings. The van der Waals surface area contributed by atoms with Crippen molar-refractivity contribution in [1.29, 1.82) is 0 Å². The highest BCUT2D eigenvalue weighted by atomic mass is 32.2. The van der Waals surface area contributed by atoms with Crippen molar-refractivity contribution in [3.63, 3.8) is 0 Å². The number of carboxylic acids is 1. The number of amides is 1. The zero-order valence-corrected chi connectivity index (χ0v) is 15.9. The monoisotopic (exact) mass is 390 g/mol. The maximum atomic E-state index is 12.4. The van der Waals surface area contributed by atoms with Crippen LogP contribution in [0.15, 0.2) is 59.5 Å². The van der Waals surface area contributed by atoms with Crippen molar-refractivity contribution in [2.75, 3.05) is 4.72 Å². The quantitative estimate of drug-likeness (QED) is 0.641. The highest BCUT2D eigenvalue weighted by molar-refractivity contribution is 7.92. The lowest BCUT2D eigenvalue weighted by atomic mass is 10.0. The molecule has 2 aromatic rings. The minimum absolute atomic E-state index is 0.0930. The van der Waals surface area contributed by atoms with Gasteiger partial charge in [0.2, 0.25) is 0 Å². The third-order valence-corrected chi connectivity index (χ3v) is 5.14. The lowest BCUT2D eigenvalue weighted by Gasteiger charge is -2.17. The number of benzene rings is 2. The molecule has 0 saturated carbocycles. The second-order valence-corrected chi connectivity index (χ2v) is 8.18. The Hall–Kier alpha value is -2.87. The summed E-state index contributed by atoms with van der Waals surface area (Å²) in [5.74, 6) is -1.60. The highest BCUT2D eigenvalue weighted by Crippen LogP contribution is 2.17. The second kappa shape index (κ2) is 8.68. The van der Waals surface area contributed by atoms with Gasteiger partial charge in [-0.3, -0.25) is 9.52 Å². The van der Waals surface area contributed by atoms with Gasteiger partial charge in [0, 0.05) is 11.3 Å². The van der Waals surface area contributed by atoms with Crippen LogP contribution in [0.5, 0.6) is 0 Å². The van der Waals surface area contributed by atoms with E-state index >= 15 is 0 Å². The topological polar surface area (TPSA) is 113 Å². The van der Waals surface area contributed by atoms with Crippen LogP contribution in [0, 0.1) is 5.92 Å². The van der Waals surface area contributed by atoms with Crippen LogP contribution in [-0.4, -0.2) is 31.4 Å². The van der Waals surface area contributed by atoms with E-state index in [1.807, 2.05) is 13.8 Å². The summed E-state index contributed by atoms with van der Waals surface area (Å²) in [5, 5.41) is 11.7. The molecule has 1 amide bonds. The van der Waals surface area contributed by atoms with Crippen molar-refractivity contribution in [2.24, 2.45) is 5.92 Å². The molecule has 27 heavy (non-hydrogen) atoms. The van der Waals surface area contributed by atoms with Crippen molar-refractivity contribution in [1.82, 2.24) is 5.32 Å². The molecule has 0 heterocycles. The molecule has 0 unspecified atom stereocenters. The minimum atomic E-state index is -3.78. The maximum Gasteiger partial charge on any atom is 0.326 e. The molecule has 1 atom stereocenters. The molecule has 7 nitrogen and oxygen atoms in total. The zero-order chi connectivity index (χ0) is 20.0. The fourth-order valence-electron chi connectivity index (χ4n) is 2.47. The molecule has 0 aliphatic heterocycles. The summed E-state index contributed by atoms with van der Waals surface area (Å²) in [6.07, 6.45) is 0.293. The Kier molecular flexibility index (Phi) is 6.57. The third kappa shape index (κ3) is 5.82. The van der Waals surface area contributed by atoms with Gasteiger partial charge < -0.3 is 10.4 Å². The number of anilines is 1. The first-order chi connectivity index (χ1) is 12.7. The number of hydrogen-bond acceptors (Lipinski definition) is 4. The van der Waals surface area contributed by atoms with Crippen LogP contribution in [0.3, 0.4) is 0 Å². The van der Waals surface area contributed by atoms with Gasteiger partial charge in [-0.1, -0.05) is 38.1 Å². The number of rotatable bonds is 8. The Morgan fingerprint density at radius 3 is 2.30 bits per heavy atom. The van der Waals surface area contributed by atoms with E-state index in [9.17, 15) is 23.1 Å². The molecule has 0 aromatic heterocycles. The molecule has 0 bridgehead atoms. The van der Waals surface area contributed by atoms with Gasteiger partial charge in [-0.15, -0.1) is 0 Å². The number of hydrogen-bond donors (Lipinski definition) is 3. The van der Waals surface area contributed by atoms with Gasteiger partial charge in [0.05, 0.1) is 4.90 Å². The predicted molar refractivity (Wildman–Crippen MR) is 102 cm³/mol. The Bertz CT molecular complexity index is 911. The number of carbonyl (C=O) groups excluding carboxylic acids is 1. The average molecular weight is 390 g/mol. The van der Waals surface area contributed by atoms with E-state index in [-0.39, 0.29) is 22.1 Å². The molecule has 2 aromatic carbocycles. The molecule has 0 aliphatic carbocycles. The fraction of sp³-hybridized carbons (Fsp3) is 0.263. The van der Waals surface area contributed by atoms with E-state index in [4.69, 9.17) is 0 Å². The van der Waals surface area contributed by atoms with Crippen LogP contribution < -0.4 is 10.0 Å². The summed E-state index contributed by atoms with van der Waals surface area (Å²) in [6, 6.07) is 12.7. The molecular formula is C19H22N2O5S. The molecule has 8 heteroatoms. The van der Waals surface area contributed by atoms with Crippen LogP contribution in [0.2, 0.25) is 0 Å². The van der Waals surface area contributed by atoms with Gasteiger partial charge in [0.25, 0.3) is 15.9 Å². The van der Waals surface area contributed by atoms with Crippen LogP contribution in [0.4, 0.5) is 5.69 Å². The van der Waals surface area contributed by atoms with Crippen molar-refractivity contribution >= 4 is 27.6 Å². The van der Waals surface area contributed by atoms with E-state index in [0.29, 0.717) is 6.42 Å². The summed E-state index contributed by atoms with van der Waals surface area (Å²) < 4.78 is 27.2. The summed E-state index contributed by atoms with van der Waals surface area (Å²) >= 11 is 0. The molecule has 0 aliphatic rings. The van der Waals surface area contributed by atoms with Crippen molar-refractivity contribution < 1.29 is 23.1 Å². The van der Waals surface area contributed by atoms with Crippen molar-refractivity contribution in [3.05, 3.63) is 60.2 Å². The van der Waals surface area contributed by atoms with Crippen LogP contribution in [0.25, 0.3) is 0 Å². The zero-order valence-electron chi connectivity index (χ0n) is 15.0. The van der Waals surface area contributed by atoms with E-state index in [2.05, 4.69) is 10.0 Å². The predicted octanol–water partition coefficient (Wildman–Crippen LogP) is 2.72. The normalized spacial score (nSPS) is 12.4. The smallest absolute Gasteiger partial charge is 0.326 e. The van der Waals surface area contributed by atoms with Gasteiger partial charge in [-0.2, -0.15) is 0 Å². The summed E-state index contributed by atoms with van der Waals surface area (Å²) in [4.78, 5) is 23.8. The lowest BCUT2D eigenvalue weighted by molar-refractivity contribution is -0.139. The summed E-state index contributed by atoms with van der Waals surface area (Å²) in [7, 11) is -3.78. The Labute approximate surface area is 158 Å². The number of aliphatic carboxylic acids is 1. The molecule has 0 radical (unpaired) electrons. The Morgan fingerprint density at radius 2 is 1.70 bits per heavy atom. The van der Waals surface area contributed by atoms with Crippen molar-refractivity contribution in [3.8, 4) is 0 Å². The van der Waals surface area contributed by atoms with Crippen LogP contribution in [-0.2, 0) is 14.8 Å². The average Bonchev–Trinajstić information content (AvgIpc) is 2.61. The van der Waals surface area contributed by atoms with E-state index < -0.39 is 27.9 Å². The van der Waals surface area contributed by atoms with Crippen molar-refractivity contribution in [2.45, 2.75) is 31.2 Å². The first kappa shape index (κ1) is 20.4. The molecule has 2 rings (SSSR count). The molecule has 3 N–H and O–H groups in total. The fourth-order valence-corrected chi connectivity index (χ4v) is 3.54. The number of nitrogens with one attached hydrogen (secondary N) is 2. The number of carbonyl (C=O) groups is 2. The van der Waals surface area contributed by atoms with Crippen LogP contribution >= 0.6 is 0 Å². The SMILES string of the molecule is CC(C)C[C@@H](NC(=O)c1cccc(NS(=O)(=O)c2ccccc2)c1)C(=O)O. The van der Waals surface area contributed by atoms with Gasteiger partial charge in [0.1, 0.15) is 6.04 Å². The Morgan fingerprint density at radius 1 is 1.04 bits per heavy atom. The first-order valence-electron chi connectivity index (χ1n) is 8.40. The third-order valence-electron chi connectivity index (χ3n) is 3.74. The summed E-state index contributed by atoms with van der Waals surface area (Å²) in [5.41, 5.74) is 0.375. The van der Waals surface area contributed by atoms with E-state index in [1.165, 1.54) is 36.4 Å². The minimum Gasteiger partial charge on any atom is -0.480 e. The Balaban J connectivity index is 2.17. The second-order valence-electron chi connectivity index (χ2n) is 6.49. The van der Waals surface area contributed by atoms with Gasteiger partial charge in [-0.05, 0) is 42.7 Å². The van der Waals surface area contributed by atoms with E-state index in [1.54, 1.807) is 18.2 Å².